The summed E-state index contributed by atoms with van der Waals surface area (Å²) in [7, 11) is 1.91. The second kappa shape index (κ2) is 8.33. The molecule has 4 heteroatoms. The fourth-order valence-electron chi connectivity index (χ4n) is 3.78. The van der Waals surface area contributed by atoms with Crippen molar-refractivity contribution in [3.05, 3.63) is 59.4 Å². The third-order valence-electron chi connectivity index (χ3n) is 5.33. The van der Waals surface area contributed by atoms with Crippen LogP contribution in [0.15, 0.2) is 42.6 Å². The summed E-state index contributed by atoms with van der Waals surface area (Å²) >= 11 is 0. The molecule has 0 saturated carbocycles. The Labute approximate surface area is 150 Å². The quantitative estimate of drug-likeness (QED) is 0.881. The molecule has 2 aromatic rings. The Bertz CT molecular complexity index is 708. The van der Waals surface area contributed by atoms with Gasteiger partial charge in [-0.2, -0.15) is 5.26 Å². The van der Waals surface area contributed by atoms with Gasteiger partial charge in [-0.3, -0.25) is 4.90 Å². The molecule has 2 heterocycles. The Morgan fingerprint density at radius 2 is 1.92 bits per heavy atom. The monoisotopic (exact) mass is 337 g/mol. The first-order chi connectivity index (χ1) is 12.2. The van der Waals surface area contributed by atoms with Crippen LogP contribution in [0.3, 0.4) is 0 Å². The maximum atomic E-state index is 10.5. The van der Waals surface area contributed by atoms with E-state index in [9.17, 15) is 5.11 Å². The summed E-state index contributed by atoms with van der Waals surface area (Å²) in [6.45, 7) is 2.93. The molecule has 0 amide bonds. The number of benzene rings is 1. The minimum atomic E-state index is -0.204. The van der Waals surface area contributed by atoms with Crippen molar-refractivity contribution in [3.63, 3.8) is 0 Å². The lowest BCUT2D eigenvalue weighted by molar-refractivity contribution is 0.0519. The van der Waals surface area contributed by atoms with Gasteiger partial charge in [-0.25, -0.2) is 0 Å². The van der Waals surface area contributed by atoms with Crippen LogP contribution < -0.4 is 0 Å². The zero-order valence-corrected chi connectivity index (χ0v) is 14.9. The molecule has 1 aromatic heterocycles. The topological polar surface area (TPSA) is 52.2 Å². The van der Waals surface area contributed by atoms with Gasteiger partial charge in [0.15, 0.2) is 0 Å². The van der Waals surface area contributed by atoms with E-state index in [-0.39, 0.29) is 6.10 Å². The summed E-state index contributed by atoms with van der Waals surface area (Å²) in [6.07, 6.45) is 5.73. The molecular formula is C21H27N3O. The largest absolute Gasteiger partial charge is 0.393 e. The van der Waals surface area contributed by atoms with Crippen LogP contribution in [0, 0.1) is 17.2 Å². The summed E-state index contributed by atoms with van der Waals surface area (Å²) in [5.74, 6) is 0.408. The maximum Gasteiger partial charge on any atom is 0.120 e. The standard InChI is InChI=1S/C21H27N3O/c1-23-15-18(13-20(23)14-22)16-24-11-9-19(10-12-24)21(25)8-7-17-5-3-2-4-6-17/h2-6,13,15,19,21,25H,7-12,16H2,1H3/t21-/m1/s1. The first kappa shape index (κ1) is 17.7. The number of aromatic nitrogens is 1. The minimum absolute atomic E-state index is 0.204. The highest BCUT2D eigenvalue weighted by molar-refractivity contribution is 5.28. The van der Waals surface area contributed by atoms with Gasteiger partial charge in [0, 0.05) is 19.8 Å². The van der Waals surface area contributed by atoms with E-state index in [0.717, 1.165) is 45.3 Å². The Kier molecular flexibility index (Phi) is 5.91. The van der Waals surface area contributed by atoms with Gasteiger partial charge in [-0.1, -0.05) is 30.3 Å². The van der Waals surface area contributed by atoms with E-state index in [0.29, 0.717) is 11.6 Å². The van der Waals surface area contributed by atoms with E-state index >= 15 is 0 Å². The zero-order chi connectivity index (χ0) is 17.6. The van der Waals surface area contributed by atoms with Crippen LogP contribution in [0.4, 0.5) is 0 Å². The van der Waals surface area contributed by atoms with Crippen LogP contribution in [0.5, 0.6) is 0 Å². The number of hydrogen-bond acceptors (Lipinski definition) is 3. The van der Waals surface area contributed by atoms with Gasteiger partial charge in [0.2, 0.25) is 0 Å². The van der Waals surface area contributed by atoms with Crippen LogP contribution in [0.1, 0.15) is 36.1 Å². The fraction of sp³-hybridized carbons (Fsp3) is 0.476. The Morgan fingerprint density at radius 1 is 1.20 bits per heavy atom. The number of rotatable bonds is 6. The number of aryl methyl sites for hydroxylation is 2. The Hall–Kier alpha value is -2.09. The smallest absolute Gasteiger partial charge is 0.120 e. The van der Waals surface area contributed by atoms with E-state index in [1.165, 1.54) is 11.1 Å². The molecule has 1 fully saturated rings. The molecule has 0 bridgehead atoms. The third-order valence-corrected chi connectivity index (χ3v) is 5.33. The van der Waals surface area contributed by atoms with E-state index < -0.39 is 0 Å². The Balaban J connectivity index is 1.44. The molecular weight excluding hydrogens is 310 g/mol. The van der Waals surface area contributed by atoms with E-state index in [1.807, 2.05) is 29.9 Å². The molecule has 1 aromatic carbocycles. The van der Waals surface area contributed by atoms with Gasteiger partial charge in [-0.05, 0) is 61.9 Å². The van der Waals surface area contributed by atoms with Gasteiger partial charge in [0.25, 0.3) is 0 Å². The average Bonchev–Trinajstić information content (AvgIpc) is 3.00. The van der Waals surface area contributed by atoms with Gasteiger partial charge in [0.05, 0.1) is 6.10 Å². The molecule has 1 aliphatic rings. The summed E-state index contributed by atoms with van der Waals surface area (Å²) in [4.78, 5) is 2.43. The fourth-order valence-corrected chi connectivity index (χ4v) is 3.78. The normalized spacial score (nSPS) is 17.3. The predicted octanol–water partition coefficient (Wildman–Crippen LogP) is 3.10. The molecule has 4 nitrogen and oxygen atoms in total. The number of likely N-dealkylation sites (tertiary alicyclic amines) is 1. The van der Waals surface area contributed by atoms with Crippen molar-refractivity contribution >= 4 is 0 Å². The number of aliphatic hydroxyl groups is 1. The second-order valence-corrected chi connectivity index (χ2v) is 7.16. The molecule has 3 rings (SSSR count). The van der Waals surface area contributed by atoms with Crippen molar-refractivity contribution in [2.45, 2.75) is 38.3 Å². The molecule has 1 N–H and O–H groups in total. The molecule has 1 saturated heterocycles. The molecule has 1 aliphatic heterocycles. The van der Waals surface area contributed by atoms with Gasteiger partial charge < -0.3 is 9.67 Å². The van der Waals surface area contributed by atoms with Gasteiger partial charge in [0.1, 0.15) is 11.8 Å². The summed E-state index contributed by atoms with van der Waals surface area (Å²) in [6, 6.07) is 14.6. The molecule has 0 aliphatic carbocycles. The van der Waals surface area contributed by atoms with Crippen molar-refractivity contribution in [1.82, 2.24) is 9.47 Å². The highest BCUT2D eigenvalue weighted by Gasteiger charge is 2.25. The van der Waals surface area contributed by atoms with Crippen molar-refractivity contribution in [2.24, 2.45) is 13.0 Å². The van der Waals surface area contributed by atoms with Crippen LogP contribution in [0.25, 0.3) is 0 Å². The number of hydrogen-bond donors (Lipinski definition) is 1. The number of nitriles is 1. The predicted molar refractivity (Wildman–Crippen MR) is 98.9 cm³/mol. The van der Waals surface area contributed by atoms with E-state index in [1.54, 1.807) is 0 Å². The number of aliphatic hydroxyl groups excluding tert-OH is 1. The lowest BCUT2D eigenvalue weighted by Crippen LogP contribution is -2.37. The second-order valence-electron chi connectivity index (χ2n) is 7.16. The summed E-state index contributed by atoms with van der Waals surface area (Å²) < 4.78 is 1.88. The van der Waals surface area contributed by atoms with Crippen molar-refractivity contribution in [3.8, 4) is 6.07 Å². The first-order valence-electron chi connectivity index (χ1n) is 9.15. The SMILES string of the molecule is Cn1cc(CN2CCC([C@H](O)CCc3ccccc3)CC2)cc1C#N. The summed E-state index contributed by atoms with van der Waals surface area (Å²) in [5, 5.41) is 19.6. The van der Waals surface area contributed by atoms with Gasteiger partial charge in [-0.15, -0.1) is 0 Å². The van der Waals surface area contributed by atoms with Crippen molar-refractivity contribution in [1.29, 1.82) is 5.26 Å². The lowest BCUT2D eigenvalue weighted by Gasteiger charge is -2.34. The molecule has 1 atom stereocenters. The van der Waals surface area contributed by atoms with Crippen molar-refractivity contribution in [2.75, 3.05) is 13.1 Å². The van der Waals surface area contributed by atoms with Crippen LogP contribution in [-0.2, 0) is 20.0 Å². The first-order valence-corrected chi connectivity index (χ1v) is 9.15. The highest BCUT2D eigenvalue weighted by Crippen LogP contribution is 2.24. The van der Waals surface area contributed by atoms with Crippen LogP contribution >= 0.6 is 0 Å². The van der Waals surface area contributed by atoms with Crippen LogP contribution in [-0.4, -0.2) is 33.8 Å². The molecule has 25 heavy (non-hydrogen) atoms. The molecule has 0 unspecified atom stereocenters. The number of nitrogens with zero attached hydrogens (tertiary/aromatic N) is 3. The van der Waals surface area contributed by atoms with Gasteiger partial charge >= 0.3 is 0 Å². The number of piperidine rings is 1. The third kappa shape index (κ3) is 4.72. The molecule has 0 radical (unpaired) electrons. The Morgan fingerprint density at radius 3 is 2.56 bits per heavy atom. The maximum absolute atomic E-state index is 10.5. The highest BCUT2D eigenvalue weighted by atomic mass is 16.3. The van der Waals surface area contributed by atoms with E-state index in [2.05, 4.69) is 35.2 Å². The van der Waals surface area contributed by atoms with E-state index in [4.69, 9.17) is 5.26 Å². The zero-order valence-electron chi connectivity index (χ0n) is 14.9. The van der Waals surface area contributed by atoms with Crippen LogP contribution in [0.2, 0.25) is 0 Å². The molecule has 0 spiro atoms. The minimum Gasteiger partial charge on any atom is -0.393 e. The lowest BCUT2D eigenvalue weighted by atomic mass is 9.88. The van der Waals surface area contributed by atoms with Crippen molar-refractivity contribution < 1.29 is 5.11 Å². The summed E-state index contributed by atoms with van der Waals surface area (Å²) in [5.41, 5.74) is 3.21. The molecule has 132 valence electrons. The average molecular weight is 337 g/mol.